The monoisotopic (exact) mass is 834 g/mol. The number of halogens is 2. The highest BCUT2D eigenvalue weighted by molar-refractivity contribution is 7.89. The Labute approximate surface area is 331 Å². The molecule has 0 radical (unpaired) electrons. The van der Waals surface area contributed by atoms with Crippen molar-refractivity contribution in [1.29, 1.82) is 10.5 Å². The average molecular weight is 836 g/mol. The number of allylic oxidation sites excluding steroid dienone is 1. The molecule has 0 saturated carbocycles. The molecule has 286 valence electrons. The first-order valence-electron chi connectivity index (χ1n) is 16.9. The van der Waals surface area contributed by atoms with Crippen molar-refractivity contribution in [1.82, 2.24) is 8.61 Å². The van der Waals surface area contributed by atoms with Crippen LogP contribution in [0.1, 0.15) is 11.1 Å². The van der Waals surface area contributed by atoms with E-state index in [0.717, 1.165) is 44.3 Å². The maximum Gasteiger partial charge on any atom is 0.279 e. The van der Waals surface area contributed by atoms with Crippen molar-refractivity contribution in [3.63, 3.8) is 0 Å². The molecule has 0 aromatic heterocycles. The molecule has 1 aliphatic carbocycles. The number of nitro benzene ring substituents is 2. The van der Waals surface area contributed by atoms with Gasteiger partial charge in [0.25, 0.3) is 11.4 Å². The topological polar surface area (TPSA) is 215 Å². The maximum absolute atomic E-state index is 14.1. The molecule has 0 amide bonds. The number of nitriles is 2. The van der Waals surface area contributed by atoms with Crippen molar-refractivity contribution in [3.8, 4) is 23.3 Å². The van der Waals surface area contributed by atoms with Crippen molar-refractivity contribution < 1.29 is 26.7 Å². The van der Waals surface area contributed by atoms with Crippen LogP contribution in [0.25, 0.3) is 16.7 Å². The molecule has 4 aromatic rings. The van der Waals surface area contributed by atoms with Gasteiger partial charge in [0, 0.05) is 103 Å². The molecule has 0 N–H and O–H groups in total. The lowest BCUT2D eigenvalue weighted by Gasteiger charge is -2.35. The van der Waals surface area contributed by atoms with Crippen LogP contribution < -0.4 is 9.80 Å². The Morgan fingerprint density at radius 3 is 1.23 bits per heavy atom. The molecule has 56 heavy (non-hydrogen) atoms. The van der Waals surface area contributed by atoms with E-state index in [-0.39, 0.29) is 69.1 Å². The minimum Gasteiger partial charge on any atom is -0.369 e. The molecule has 16 nitrogen and oxygen atoms in total. The van der Waals surface area contributed by atoms with Crippen LogP contribution in [0.4, 0.5) is 22.7 Å². The minimum absolute atomic E-state index is 0.00105. The predicted molar refractivity (Wildman–Crippen MR) is 207 cm³/mol. The number of benzene rings is 4. The first kappa shape index (κ1) is 38.7. The second-order valence-corrected chi connectivity index (χ2v) is 17.7. The Morgan fingerprint density at radius 2 is 0.929 bits per heavy atom. The van der Waals surface area contributed by atoms with E-state index in [9.17, 15) is 47.6 Å². The Bertz CT molecular complexity index is 2470. The van der Waals surface area contributed by atoms with Gasteiger partial charge < -0.3 is 9.80 Å². The van der Waals surface area contributed by atoms with Crippen LogP contribution in [-0.2, 0) is 20.0 Å². The number of fused-ring (bicyclic) bond motifs is 3. The number of sulfonamides is 2. The largest absolute Gasteiger partial charge is 0.369 e. The molecular weight excluding hydrogens is 807 g/mol. The molecule has 2 saturated heterocycles. The van der Waals surface area contributed by atoms with Crippen LogP contribution in [0, 0.1) is 42.9 Å². The van der Waals surface area contributed by atoms with E-state index < -0.39 is 67.8 Å². The summed E-state index contributed by atoms with van der Waals surface area (Å²) in [4.78, 5) is 26.3. The summed E-state index contributed by atoms with van der Waals surface area (Å²) in [6, 6.07) is 21.1. The van der Waals surface area contributed by atoms with Gasteiger partial charge in [-0.15, -0.1) is 0 Å². The van der Waals surface area contributed by atoms with Gasteiger partial charge in [-0.3, -0.25) is 20.2 Å². The quantitative estimate of drug-likeness (QED) is 0.105. The van der Waals surface area contributed by atoms with Gasteiger partial charge in [-0.1, -0.05) is 23.2 Å². The molecule has 4 aromatic carbocycles. The molecular formula is C36H28Cl2N8O8S2. The highest BCUT2D eigenvalue weighted by Crippen LogP contribution is 2.55. The summed E-state index contributed by atoms with van der Waals surface area (Å²) in [5.74, 6) is 0. The Kier molecular flexibility index (Phi) is 10.2. The van der Waals surface area contributed by atoms with Gasteiger partial charge >= 0.3 is 0 Å². The fraction of sp³-hybridized carbons (Fsp3) is 0.222. The first-order chi connectivity index (χ1) is 26.6. The number of nitrogens with zero attached hydrogens (tertiary/aromatic N) is 8. The molecule has 7 rings (SSSR count). The summed E-state index contributed by atoms with van der Waals surface area (Å²) in [5, 5.41) is 46.5. The normalized spacial score (nSPS) is 16.1. The van der Waals surface area contributed by atoms with Crippen LogP contribution >= 0.6 is 23.2 Å². The molecule has 0 atom stereocenters. The lowest BCUT2D eigenvalue weighted by atomic mass is 9.99. The average Bonchev–Trinajstić information content (AvgIpc) is 3.52. The van der Waals surface area contributed by atoms with Gasteiger partial charge in [0.05, 0.1) is 30.8 Å². The van der Waals surface area contributed by atoms with Crippen LogP contribution in [0.15, 0.2) is 88.2 Å². The fourth-order valence-electron chi connectivity index (χ4n) is 7.23. The molecule has 0 bridgehead atoms. The fourth-order valence-corrected chi connectivity index (χ4v) is 10.4. The number of piperazine rings is 2. The van der Waals surface area contributed by atoms with Crippen molar-refractivity contribution in [2.75, 3.05) is 62.2 Å². The van der Waals surface area contributed by atoms with Gasteiger partial charge in [0.15, 0.2) is 0 Å². The number of hydrogen-bond donors (Lipinski definition) is 0. The van der Waals surface area contributed by atoms with Gasteiger partial charge in [-0.05, 0) is 60.7 Å². The zero-order valence-corrected chi connectivity index (χ0v) is 32.1. The SMILES string of the molecule is N#CC(C#N)=C1c2cc(S(=O)(=O)N3CCN(c4ccc(Cl)cc4)CC3)cc([N+](=O)[O-])c2-c2c1cc(S(=O)(=O)N1CCN(c3ccc(Cl)cc3)CC1)cc2[N+](=O)[O-]. The van der Waals surface area contributed by atoms with Crippen LogP contribution in [0.5, 0.6) is 0 Å². The standard InChI is InChI=1S/C36H28Cl2N8O8S2/c37-24-1-5-26(6-2-24)41-9-13-43(14-10-41)55(51,52)28-17-30-34(23(21-39)22-40)31-18-29(20-33(46(49)50)36(31)35(30)32(19-28)45(47)48)56(53,54)44-15-11-42(12-16-44)27-7-3-25(38)4-8-27/h1-8,17-20H,9-16H2. The van der Waals surface area contributed by atoms with Crippen LogP contribution in [0.3, 0.4) is 0 Å². The highest BCUT2D eigenvalue weighted by Gasteiger charge is 2.43. The summed E-state index contributed by atoms with van der Waals surface area (Å²) >= 11 is 12.0. The zero-order chi connectivity index (χ0) is 40.1. The summed E-state index contributed by atoms with van der Waals surface area (Å²) in [6.07, 6.45) is 0. The third-order valence-electron chi connectivity index (χ3n) is 9.97. The molecule has 0 unspecified atom stereocenters. The third-order valence-corrected chi connectivity index (χ3v) is 14.2. The smallest absolute Gasteiger partial charge is 0.279 e. The van der Waals surface area contributed by atoms with Crippen LogP contribution in [0.2, 0.25) is 10.0 Å². The third kappa shape index (κ3) is 6.81. The summed E-state index contributed by atoms with van der Waals surface area (Å²) in [5.41, 5.74) is -2.52. The molecule has 20 heteroatoms. The zero-order valence-electron chi connectivity index (χ0n) is 29.0. The van der Waals surface area contributed by atoms with Crippen molar-refractivity contribution in [3.05, 3.63) is 120 Å². The highest BCUT2D eigenvalue weighted by atomic mass is 35.5. The lowest BCUT2D eigenvalue weighted by Crippen LogP contribution is -2.48. The Morgan fingerprint density at radius 1 is 0.589 bits per heavy atom. The van der Waals surface area contributed by atoms with Crippen molar-refractivity contribution in [2.24, 2.45) is 0 Å². The van der Waals surface area contributed by atoms with Gasteiger partial charge in [0.2, 0.25) is 20.0 Å². The molecule has 3 aliphatic rings. The Hall–Kier alpha value is -5.60. The van der Waals surface area contributed by atoms with E-state index >= 15 is 0 Å². The van der Waals surface area contributed by atoms with Crippen LogP contribution in [-0.4, -0.2) is 87.7 Å². The Balaban J connectivity index is 1.29. The van der Waals surface area contributed by atoms with E-state index in [1.165, 1.54) is 0 Å². The van der Waals surface area contributed by atoms with E-state index in [1.54, 1.807) is 60.7 Å². The first-order valence-corrected chi connectivity index (χ1v) is 20.5. The molecule has 2 aliphatic heterocycles. The van der Waals surface area contributed by atoms with E-state index in [4.69, 9.17) is 23.2 Å². The summed E-state index contributed by atoms with van der Waals surface area (Å²) in [7, 11) is -8.91. The molecule has 2 fully saturated rings. The second kappa shape index (κ2) is 14.8. The van der Waals surface area contributed by atoms with E-state index in [1.807, 2.05) is 9.80 Å². The number of hydrogen-bond acceptors (Lipinski definition) is 12. The molecule has 0 spiro atoms. The van der Waals surface area contributed by atoms with E-state index in [0.29, 0.717) is 10.0 Å². The lowest BCUT2D eigenvalue weighted by molar-refractivity contribution is -0.386. The molecule has 2 heterocycles. The van der Waals surface area contributed by atoms with E-state index in [2.05, 4.69) is 0 Å². The number of anilines is 2. The summed E-state index contributed by atoms with van der Waals surface area (Å²) < 4.78 is 58.8. The number of rotatable bonds is 8. The predicted octanol–water partition coefficient (Wildman–Crippen LogP) is 5.66. The van der Waals surface area contributed by atoms with Crippen molar-refractivity contribution >= 4 is 71.6 Å². The van der Waals surface area contributed by atoms with Crippen molar-refractivity contribution in [2.45, 2.75) is 9.79 Å². The maximum atomic E-state index is 14.1. The van der Waals surface area contributed by atoms with Gasteiger partial charge in [-0.2, -0.15) is 19.1 Å². The second-order valence-electron chi connectivity index (χ2n) is 13.0. The summed E-state index contributed by atoms with van der Waals surface area (Å²) in [6.45, 7) is 1.10. The minimum atomic E-state index is -4.46. The van der Waals surface area contributed by atoms with Gasteiger partial charge in [0.1, 0.15) is 17.7 Å². The van der Waals surface area contributed by atoms with Gasteiger partial charge in [-0.25, -0.2) is 16.8 Å². The number of nitro groups is 2.